The van der Waals surface area contributed by atoms with Crippen molar-refractivity contribution in [2.45, 2.75) is 51.0 Å². The molecule has 0 aliphatic heterocycles. The van der Waals surface area contributed by atoms with Crippen LogP contribution in [-0.2, 0) is 15.9 Å². The van der Waals surface area contributed by atoms with Crippen molar-refractivity contribution in [1.29, 1.82) is 0 Å². The Hall–Kier alpha value is -1.10. The lowest BCUT2D eigenvalue weighted by molar-refractivity contribution is -0.132. The maximum atomic E-state index is 5.66. The van der Waals surface area contributed by atoms with Crippen LogP contribution < -0.4 is 10.1 Å². The van der Waals surface area contributed by atoms with Gasteiger partial charge in [-0.15, -0.1) is 0 Å². The molecule has 0 aromatic heterocycles. The van der Waals surface area contributed by atoms with Crippen LogP contribution in [0.4, 0.5) is 0 Å². The molecule has 0 spiro atoms. The predicted molar refractivity (Wildman–Crippen MR) is 83.9 cm³/mol. The van der Waals surface area contributed by atoms with Crippen molar-refractivity contribution in [1.82, 2.24) is 5.32 Å². The summed E-state index contributed by atoms with van der Waals surface area (Å²) in [4.78, 5) is 0. The SMILES string of the molecule is CCOC1CC(NC(C)Cc2ccccc2OC)C1OC. The molecule has 4 heteroatoms. The van der Waals surface area contributed by atoms with Gasteiger partial charge in [0.15, 0.2) is 0 Å². The first-order valence-corrected chi connectivity index (χ1v) is 7.71. The summed E-state index contributed by atoms with van der Waals surface area (Å²) in [6.07, 6.45) is 2.35. The van der Waals surface area contributed by atoms with Crippen LogP contribution >= 0.6 is 0 Å². The summed E-state index contributed by atoms with van der Waals surface area (Å²) in [5.74, 6) is 0.954. The molecule has 4 nitrogen and oxygen atoms in total. The lowest BCUT2D eigenvalue weighted by atomic mass is 9.84. The van der Waals surface area contributed by atoms with Crippen LogP contribution in [0.25, 0.3) is 0 Å². The van der Waals surface area contributed by atoms with E-state index < -0.39 is 0 Å². The standard InChI is InChI=1S/C17H27NO3/c1-5-21-16-11-14(17(16)20-4)18-12(2)10-13-8-6-7-9-15(13)19-3/h6-9,12,14,16-18H,5,10-11H2,1-4H3. The minimum atomic E-state index is 0.157. The lowest BCUT2D eigenvalue weighted by Gasteiger charge is -2.44. The minimum Gasteiger partial charge on any atom is -0.496 e. The van der Waals surface area contributed by atoms with Crippen LogP contribution in [0.2, 0.25) is 0 Å². The van der Waals surface area contributed by atoms with Gasteiger partial charge in [0.25, 0.3) is 0 Å². The molecule has 0 heterocycles. The maximum Gasteiger partial charge on any atom is 0.122 e. The lowest BCUT2D eigenvalue weighted by Crippen LogP contribution is -2.61. The average molecular weight is 293 g/mol. The Bertz CT molecular complexity index is 438. The monoisotopic (exact) mass is 293 g/mol. The fourth-order valence-electron chi connectivity index (χ4n) is 3.06. The normalized spacial score (nSPS) is 26.2. The Morgan fingerprint density at radius 1 is 1.29 bits per heavy atom. The molecule has 0 saturated heterocycles. The number of benzene rings is 1. The summed E-state index contributed by atoms with van der Waals surface area (Å²) in [6, 6.07) is 8.92. The highest BCUT2D eigenvalue weighted by Gasteiger charge is 2.42. The van der Waals surface area contributed by atoms with Crippen LogP contribution in [0.15, 0.2) is 24.3 Å². The molecule has 1 aliphatic rings. The number of methoxy groups -OCH3 is 2. The van der Waals surface area contributed by atoms with E-state index in [4.69, 9.17) is 14.2 Å². The summed E-state index contributed by atoms with van der Waals surface area (Å²) < 4.78 is 16.6. The van der Waals surface area contributed by atoms with Crippen molar-refractivity contribution in [2.75, 3.05) is 20.8 Å². The van der Waals surface area contributed by atoms with E-state index in [0.717, 1.165) is 25.2 Å². The highest BCUT2D eigenvalue weighted by atomic mass is 16.5. The summed E-state index contributed by atoms with van der Waals surface area (Å²) >= 11 is 0. The number of ether oxygens (including phenoxy) is 3. The maximum absolute atomic E-state index is 5.66. The van der Waals surface area contributed by atoms with Gasteiger partial charge in [0.1, 0.15) is 5.75 Å². The molecule has 1 aliphatic carbocycles. The third kappa shape index (κ3) is 3.96. The fourth-order valence-corrected chi connectivity index (χ4v) is 3.06. The third-order valence-corrected chi connectivity index (χ3v) is 4.12. The van der Waals surface area contributed by atoms with E-state index in [9.17, 15) is 0 Å². The van der Waals surface area contributed by atoms with Gasteiger partial charge in [-0.1, -0.05) is 18.2 Å². The highest BCUT2D eigenvalue weighted by molar-refractivity contribution is 5.33. The number of hydrogen-bond donors (Lipinski definition) is 1. The minimum absolute atomic E-state index is 0.157. The first-order valence-electron chi connectivity index (χ1n) is 7.71. The van der Waals surface area contributed by atoms with Crippen LogP contribution in [0.5, 0.6) is 5.75 Å². The second-order valence-electron chi connectivity index (χ2n) is 5.62. The van der Waals surface area contributed by atoms with Gasteiger partial charge in [-0.25, -0.2) is 0 Å². The van der Waals surface area contributed by atoms with Crippen LogP contribution in [0, 0.1) is 0 Å². The molecule has 2 rings (SSSR count). The van der Waals surface area contributed by atoms with Crippen molar-refractivity contribution in [3.8, 4) is 5.75 Å². The second-order valence-corrected chi connectivity index (χ2v) is 5.62. The zero-order valence-electron chi connectivity index (χ0n) is 13.5. The number of para-hydroxylation sites is 1. The Balaban J connectivity index is 1.86. The quantitative estimate of drug-likeness (QED) is 0.799. The first-order chi connectivity index (χ1) is 10.2. The smallest absolute Gasteiger partial charge is 0.122 e. The van der Waals surface area contributed by atoms with Crippen molar-refractivity contribution < 1.29 is 14.2 Å². The third-order valence-electron chi connectivity index (χ3n) is 4.12. The average Bonchev–Trinajstić information content (AvgIpc) is 2.47. The summed E-state index contributed by atoms with van der Waals surface area (Å²) in [5.41, 5.74) is 1.23. The van der Waals surface area contributed by atoms with Gasteiger partial charge >= 0.3 is 0 Å². The number of hydrogen-bond acceptors (Lipinski definition) is 4. The van der Waals surface area contributed by atoms with Gasteiger partial charge in [0, 0.05) is 25.8 Å². The van der Waals surface area contributed by atoms with E-state index in [0.29, 0.717) is 12.1 Å². The van der Waals surface area contributed by atoms with E-state index in [1.165, 1.54) is 5.56 Å². The molecule has 0 amide bonds. The van der Waals surface area contributed by atoms with E-state index in [1.807, 2.05) is 19.1 Å². The molecule has 0 bridgehead atoms. The Morgan fingerprint density at radius 2 is 2.05 bits per heavy atom. The van der Waals surface area contributed by atoms with Gasteiger partial charge in [-0.3, -0.25) is 0 Å². The first kappa shape index (κ1) is 16.3. The van der Waals surface area contributed by atoms with Gasteiger partial charge < -0.3 is 19.5 Å². The Kier molecular flexibility index (Phi) is 6.03. The zero-order valence-corrected chi connectivity index (χ0v) is 13.5. The van der Waals surface area contributed by atoms with E-state index in [2.05, 4.69) is 24.4 Å². The van der Waals surface area contributed by atoms with Crippen LogP contribution in [0.3, 0.4) is 0 Å². The summed E-state index contributed by atoms with van der Waals surface area (Å²) in [5, 5.41) is 3.64. The van der Waals surface area contributed by atoms with Crippen LogP contribution in [-0.4, -0.2) is 45.1 Å². The van der Waals surface area contributed by atoms with E-state index >= 15 is 0 Å². The summed E-state index contributed by atoms with van der Waals surface area (Å²) in [7, 11) is 3.48. The Labute approximate surface area is 127 Å². The predicted octanol–water partition coefficient (Wildman–Crippen LogP) is 2.41. The van der Waals surface area contributed by atoms with Gasteiger partial charge in [-0.05, 0) is 38.3 Å². The number of nitrogens with one attached hydrogen (secondary N) is 1. The molecule has 0 radical (unpaired) electrons. The van der Waals surface area contributed by atoms with Gasteiger partial charge in [0.2, 0.25) is 0 Å². The molecule has 4 unspecified atom stereocenters. The largest absolute Gasteiger partial charge is 0.496 e. The van der Waals surface area contributed by atoms with Crippen molar-refractivity contribution in [2.24, 2.45) is 0 Å². The van der Waals surface area contributed by atoms with Gasteiger partial charge in [-0.2, -0.15) is 0 Å². The zero-order chi connectivity index (χ0) is 15.2. The highest BCUT2D eigenvalue weighted by Crippen LogP contribution is 2.28. The molecule has 1 N–H and O–H groups in total. The topological polar surface area (TPSA) is 39.7 Å². The molecule has 4 atom stereocenters. The molecule has 1 aromatic rings. The molecule has 21 heavy (non-hydrogen) atoms. The van der Waals surface area contributed by atoms with Crippen molar-refractivity contribution in [3.63, 3.8) is 0 Å². The van der Waals surface area contributed by atoms with E-state index in [1.54, 1.807) is 14.2 Å². The molecule has 1 saturated carbocycles. The Morgan fingerprint density at radius 3 is 2.71 bits per heavy atom. The molecule has 1 fully saturated rings. The fraction of sp³-hybridized carbons (Fsp3) is 0.647. The summed E-state index contributed by atoms with van der Waals surface area (Å²) in [6.45, 7) is 4.97. The van der Waals surface area contributed by atoms with Crippen molar-refractivity contribution in [3.05, 3.63) is 29.8 Å². The molecular weight excluding hydrogens is 266 g/mol. The van der Waals surface area contributed by atoms with Crippen LogP contribution in [0.1, 0.15) is 25.8 Å². The van der Waals surface area contributed by atoms with E-state index in [-0.39, 0.29) is 12.2 Å². The molecule has 1 aromatic carbocycles. The molecule has 118 valence electrons. The van der Waals surface area contributed by atoms with Crippen molar-refractivity contribution >= 4 is 0 Å². The van der Waals surface area contributed by atoms with Gasteiger partial charge in [0.05, 0.1) is 19.3 Å². The second kappa shape index (κ2) is 7.78. The number of rotatable bonds is 8. The molecular formula is C17H27NO3.